The lowest BCUT2D eigenvalue weighted by Gasteiger charge is -2.17. The molecule has 2 nitrogen and oxygen atoms in total. The van der Waals surface area contributed by atoms with Gasteiger partial charge in [0.25, 0.3) is 0 Å². The topological polar surface area (TPSA) is 18.5 Å². The molecule has 0 aromatic heterocycles. The minimum Gasteiger partial charge on any atom is -0.473 e. The van der Waals surface area contributed by atoms with Crippen LogP contribution in [0.2, 0.25) is 0 Å². The molecule has 1 rings (SSSR count). The minimum atomic E-state index is -0.104. The summed E-state index contributed by atoms with van der Waals surface area (Å²) in [4.78, 5) is 0. The van der Waals surface area contributed by atoms with Gasteiger partial charge in [0.1, 0.15) is 0 Å². The Morgan fingerprint density at radius 1 is 1.67 bits per heavy atom. The molecule has 0 aromatic rings. The summed E-state index contributed by atoms with van der Waals surface area (Å²) in [6, 6.07) is 0. The van der Waals surface area contributed by atoms with E-state index in [0.29, 0.717) is 6.61 Å². The summed E-state index contributed by atoms with van der Waals surface area (Å²) in [6.45, 7) is 4.08. The molecule has 1 aliphatic rings. The summed E-state index contributed by atoms with van der Waals surface area (Å²) >= 11 is 0. The first-order chi connectivity index (χ1) is 4.43. The van der Waals surface area contributed by atoms with E-state index in [4.69, 9.17) is 9.47 Å². The molecule has 0 saturated heterocycles. The van der Waals surface area contributed by atoms with Crippen LogP contribution in [-0.4, -0.2) is 12.9 Å². The van der Waals surface area contributed by atoms with Gasteiger partial charge in [-0.15, -0.1) is 0 Å². The third kappa shape index (κ3) is 1.90. The average Bonchev–Trinajstić information content (AvgIpc) is 1.91. The Labute approximate surface area is 54.8 Å². The maximum Gasteiger partial charge on any atom is 0.202 e. The zero-order valence-electron chi connectivity index (χ0n) is 5.25. The van der Waals surface area contributed by atoms with Crippen LogP contribution in [0.5, 0.6) is 0 Å². The van der Waals surface area contributed by atoms with Gasteiger partial charge in [0, 0.05) is 6.42 Å². The van der Waals surface area contributed by atoms with Crippen molar-refractivity contribution in [3.63, 3.8) is 0 Å². The van der Waals surface area contributed by atoms with Crippen LogP contribution in [0.3, 0.4) is 0 Å². The molecule has 0 fully saturated rings. The summed E-state index contributed by atoms with van der Waals surface area (Å²) in [7, 11) is 0. The number of ether oxygens (including phenoxy) is 2. The van der Waals surface area contributed by atoms with E-state index in [0.717, 1.165) is 6.42 Å². The molecule has 1 atom stereocenters. The van der Waals surface area contributed by atoms with Crippen LogP contribution in [-0.2, 0) is 9.47 Å². The molecule has 2 heteroatoms. The number of hydrogen-bond acceptors (Lipinski definition) is 2. The zero-order chi connectivity index (χ0) is 6.53. The summed E-state index contributed by atoms with van der Waals surface area (Å²) in [5.41, 5.74) is 0. The van der Waals surface area contributed by atoms with Crippen molar-refractivity contribution >= 4 is 0 Å². The van der Waals surface area contributed by atoms with Crippen molar-refractivity contribution in [2.45, 2.75) is 12.7 Å². The fourth-order valence-corrected chi connectivity index (χ4v) is 0.708. The van der Waals surface area contributed by atoms with E-state index in [9.17, 15) is 0 Å². The highest BCUT2D eigenvalue weighted by molar-refractivity contribution is 4.86. The Bertz CT molecular complexity index is 118. The van der Waals surface area contributed by atoms with Crippen molar-refractivity contribution in [2.75, 3.05) is 6.61 Å². The van der Waals surface area contributed by atoms with Crippen molar-refractivity contribution in [1.29, 1.82) is 0 Å². The summed E-state index contributed by atoms with van der Waals surface area (Å²) in [6.07, 6.45) is 6.14. The van der Waals surface area contributed by atoms with E-state index in [1.807, 2.05) is 12.2 Å². The van der Waals surface area contributed by atoms with E-state index >= 15 is 0 Å². The fourth-order valence-electron chi connectivity index (χ4n) is 0.708. The van der Waals surface area contributed by atoms with Gasteiger partial charge in [-0.3, -0.25) is 0 Å². The third-order valence-electron chi connectivity index (χ3n) is 1.12. The molecule has 0 amide bonds. The molecule has 0 N–H and O–H groups in total. The van der Waals surface area contributed by atoms with Gasteiger partial charge in [-0.2, -0.15) is 0 Å². The van der Waals surface area contributed by atoms with Gasteiger partial charge in [0.15, 0.2) is 0 Å². The monoisotopic (exact) mass is 126 g/mol. The van der Waals surface area contributed by atoms with Crippen LogP contribution < -0.4 is 0 Å². The van der Waals surface area contributed by atoms with E-state index in [1.54, 1.807) is 0 Å². The molecular weight excluding hydrogens is 116 g/mol. The Morgan fingerprint density at radius 3 is 3.11 bits per heavy atom. The van der Waals surface area contributed by atoms with Gasteiger partial charge in [0.2, 0.25) is 6.29 Å². The Balaban J connectivity index is 2.26. The van der Waals surface area contributed by atoms with E-state index in [1.165, 1.54) is 6.26 Å². The maximum atomic E-state index is 5.14. The molecule has 0 aromatic carbocycles. The molecule has 50 valence electrons. The smallest absolute Gasteiger partial charge is 0.202 e. The van der Waals surface area contributed by atoms with Gasteiger partial charge in [0.05, 0.1) is 12.9 Å². The van der Waals surface area contributed by atoms with Crippen LogP contribution in [0, 0.1) is 0 Å². The predicted octanol–water partition coefficient (Wildman–Crippen LogP) is 1.45. The largest absolute Gasteiger partial charge is 0.473 e. The van der Waals surface area contributed by atoms with Gasteiger partial charge < -0.3 is 9.47 Å². The Kier molecular flexibility index (Phi) is 2.33. The van der Waals surface area contributed by atoms with E-state index in [-0.39, 0.29) is 6.29 Å². The van der Waals surface area contributed by atoms with Crippen LogP contribution in [0.15, 0.2) is 25.0 Å². The lowest BCUT2D eigenvalue weighted by molar-refractivity contribution is -0.0984. The number of hydrogen-bond donors (Lipinski definition) is 0. The second-order valence-electron chi connectivity index (χ2n) is 1.77. The maximum absolute atomic E-state index is 5.14. The fraction of sp³-hybridized carbons (Fsp3) is 0.429. The van der Waals surface area contributed by atoms with Gasteiger partial charge in [-0.25, -0.2) is 0 Å². The van der Waals surface area contributed by atoms with Crippen molar-refractivity contribution in [1.82, 2.24) is 0 Å². The Morgan fingerprint density at radius 2 is 2.56 bits per heavy atom. The molecule has 1 unspecified atom stereocenters. The van der Waals surface area contributed by atoms with Gasteiger partial charge >= 0.3 is 0 Å². The van der Waals surface area contributed by atoms with Crippen LogP contribution in [0.1, 0.15) is 6.42 Å². The molecule has 0 radical (unpaired) electrons. The van der Waals surface area contributed by atoms with Crippen molar-refractivity contribution in [3.8, 4) is 0 Å². The average molecular weight is 126 g/mol. The zero-order valence-corrected chi connectivity index (χ0v) is 5.25. The minimum absolute atomic E-state index is 0.104. The second-order valence-corrected chi connectivity index (χ2v) is 1.77. The molecule has 0 aliphatic carbocycles. The van der Waals surface area contributed by atoms with Gasteiger partial charge in [-0.1, -0.05) is 18.7 Å². The van der Waals surface area contributed by atoms with E-state index < -0.39 is 0 Å². The molecule has 0 saturated carbocycles. The number of rotatable bonds is 2. The van der Waals surface area contributed by atoms with E-state index in [2.05, 4.69) is 6.58 Å². The third-order valence-corrected chi connectivity index (χ3v) is 1.12. The highest BCUT2D eigenvalue weighted by Gasteiger charge is 2.07. The molecule has 9 heavy (non-hydrogen) atoms. The summed E-state index contributed by atoms with van der Waals surface area (Å²) < 4.78 is 10.1. The molecule has 1 aliphatic heterocycles. The highest BCUT2D eigenvalue weighted by Crippen LogP contribution is 2.06. The first-order valence-corrected chi connectivity index (χ1v) is 2.96. The highest BCUT2D eigenvalue weighted by atomic mass is 16.7. The van der Waals surface area contributed by atoms with Crippen LogP contribution in [0.4, 0.5) is 0 Å². The molecule has 1 heterocycles. The lowest BCUT2D eigenvalue weighted by Crippen LogP contribution is -2.16. The molecule has 0 bridgehead atoms. The molecular formula is C7H10O2. The van der Waals surface area contributed by atoms with Crippen molar-refractivity contribution in [3.05, 3.63) is 25.0 Å². The van der Waals surface area contributed by atoms with Gasteiger partial charge in [-0.05, 0) is 0 Å². The van der Waals surface area contributed by atoms with Crippen molar-refractivity contribution < 1.29 is 9.47 Å². The second kappa shape index (κ2) is 3.30. The molecule has 0 spiro atoms. The summed E-state index contributed by atoms with van der Waals surface area (Å²) in [5, 5.41) is 0. The van der Waals surface area contributed by atoms with Crippen molar-refractivity contribution in [2.24, 2.45) is 0 Å². The predicted molar refractivity (Wildman–Crippen MR) is 34.8 cm³/mol. The normalized spacial score (nSPS) is 25.6. The SMILES string of the molecule is C=COC1CC=CCO1. The van der Waals surface area contributed by atoms with Crippen LogP contribution in [0.25, 0.3) is 0 Å². The summed E-state index contributed by atoms with van der Waals surface area (Å²) in [5.74, 6) is 0. The Hall–Kier alpha value is -0.760. The first-order valence-electron chi connectivity index (χ1n) is 2.96. The standard InChI is InChI=1S/C7H10O2/c1-2-8-7-5-3-4-6-9-7/h2-4,7H,1,5-6H2. The first kappa shape index (κ1) is 6.36. The van der Waals surface area contributed by atoms with Crippen LogP contribution >= 0.6 is 0 Å². The lowest BCUT2D eigenvalue weighted by atomic mass is 10.3. The quantitative estimate of drug-likeness (QED) is 0.412.